The zero-order chi connectivity index (χ0) is 15.3. The Morgan fingerprint density at radius 3 is 2.55 bits per heavy atom. The SMILES string of the molecule is CN=C(NCc1ccn(C)c1)NCC1(CC(C)C)CCC1.I. The van der Waals surface area contributed by atoms with E-state index in [-0.39, 0.29) is 24.0 Å². The van der Waals surface area contributed by atoms with Gasteiger partial charge in [0, 0.05) is 39.6 Å². The highest BCUT2D eigenvalue weighted by Crippen LogP contribution is 2.45. The Bertz CT molecular complexity index is 475. The summed E-state index contributed by atoms with van der Waals surface area (Å²) in [4.78, 5) is 4.34. The van der Waals surface area contributed by atoms with Gasteiger partial charge in [-0.2, -0.15) is 0 Å². The van der Waals surface area contributed by atoms with Crippen molar-refractivity contribution in [3.8, 4) is 0 Å². The maximum Gasteiger partial charge on any atom is 0.191 e. The Labute approximate surface area is 152 Å². The molecule has 0 unspecified atom stereocenters. The fourth-order valence-electron chi connectivity index (χ4n) is 3.34. The van der Waals surface area contributed by atoms with Gasteiger partial charge in [-0.25, -0.2) is 0 Å². The van der Waals surface area contributed by atoms with E-state index in [0.717, 1.165) is 25.0 Å². The van der Waals surface area contributed by atoms with E-state index in [2.05, 4.69) is 52.5 Å². The maximum atomic E-state index is 4.34. The van der Waals surface area contributed by atoms with Crippen LogP contribution in [-0.2, 0) is 13.6 Å². The van der Waals surface area contributed by atoms with Crippen molar-refractivity contribution in [2.75, 3.05) is 13.6 Å². The normalized spacial score (nSPS) is 16.9. The molecule has 1 aromatic heterocycles. The Morgan fingerprint density at radius 1 is 1.36 bits per heavy atom. The van der Waals surface area contributed by atoms with Crippen LogP contribution in [0.1, 0.15) is 45.1 Å². The molecule has 1 aliphatic carbocycles. The van der Waals surface area contributed by atoms with Crippen LogP contribution in [0.4, 0.5) is 0 Å². The van der Waals surface area contributed by atoms with Crippen LogP contribution >= 0.6 is 24.0 Å². The minimum atomic E-state index is 0. The lowest BCUT2D eigenvalue weighted by atomic mass is 9.64. The number of guanidine groups is 1. The summed E-state index contributed by atoms with van der Waals surface area (Å²) in [5, 5.41) is 6.93. The summed E-state index contributed by atoms with van der Waals surface area (Å²) in [6.45, 7) is 6.50. The number of nitrogens with one attached hydrogen (secondary N) is 2. The molecule has 0 amide bonds. The smallest absolute Gasteiger partial charge is 0.191 e. The molecule has 0 radical (unpaired) electrons. The summed E-state index contributed by atoms with van der Waals surface area (Å²) in [5.74, 6) is 1.68. The lowest BCUT2D eigenvalue weighted by molar-refractivity contribution is 0.104. The highest BCUT2D eigenvalue weighted by molar-refractivity contribution is 14.0. The first kappa shape index (κ1) is 19.3. The van der Waals surface area contributed by atoms with Crippen LogP contribution in [0, 0.1) is 11.3 Å². The Hall–Kier alpha value is -0.720. The van der Waals surface area contributed by atoms with Crippen molar-refractivity contribution in [3.63, 3.8) is 0 Å². The fourth-order valence-corrected chi connectivity index (χ4v) is 3.34. The van der Waals surface area contributed by atoms with Gasteiger partial charge in [0.15, 0.2) is 5.96 Å². The largest absolute Gasteiger partial charge is 0.357 e. The van der Waals surface area contributed by atoms with Crippen LogP contribution in [0.5, 0.6) is 0 Å². The third-order valence-electron chi connectivity index (χ3n) is 4.46. The second-order valence-corrected chi connectivity index (χ2v) is 6.92. The zero-order valence-corrected chi connectivity index (χ0v) is 16.7. The Morgan fingerprint density at radius 2 is 2.09 bits per heavy atom. The summed E-state index contributed by atoms with van der Waals surface area (Å²) in [5.41, 5.74) is 1.78. The van der Waals surface area contributed by atoms with E-state index in [4.69, 9.17) is 0 Å². The van der Waals surface area contributed by atoms with Crippen molar-refractivity contribution in [3.05, 3.63) is 24.0 Å². The van der Waals surface area contributed by atoms with Crippen LogP contribution in [0.25, 0.3) is 0 Å². The highest BCUT2D eigenvalue weighted by Gasteiger charge is 2.37. The molecule has 0 aromatic carbocycles. The quantitative estimate of drug-likeness (QED) is 0.422. The molecule has 1 saturated carbocycles. The molecule has 0 spiro atoms. The van der Waals surface area contributed by atoms with E-state index in [1.165, 1.54) is 31.2 Å². The number of aliphatic imine (C=N–C) groups is 1. The van der Waals surface area contributed by atoms with E-state index in [0.29, 0.717) is 5.41 Å². The van der Waals surface area contributed by atoms with Crippen molar-refractivity contribution in [2.24, 2.45) is 23.4 Å². The molecule has 2 rings (SSSR count). The Balaban J connectivity index is 0.00000242. The first-order valence-electron chi connectivity index (χ1n) is 8.08. The first-order chi connectivity index (χ1) is 10.0. The van der Waals surface area contributed by atoms with Gasteiger partial charge in [-0.15, -0.1) is 24.0 Å². The molecule has 126 valence electrons. The monoisotopic (exact) mass is 418 g/mol. The third kappa shape index (κ3) is 5.48. The summed E-state index contributed by atoms with van der Waals surface area (Å²) < 4.78 is 2.07. The summed E-state index contributed by atoms with van der Waals surface area (Å²) in [6.07, 6.45) is 9.60. The van der Waals surface area contributed by atoms with Gasteiger partial charge in [-0.05, 0) is 42.2 Å². The van der Waals surface area contributed by atoms with Crippen LogP contribution < -0.4 is 10.6 Å². The Kier molecular flexibility index (Phi) is 7.72. The molecule has 2 N–H and O–H groups in total. The van der Waals surface area contributed by atoms with Crippen LogP contribution in [0.15, 0.2) is 23.5 Å². The molecule has 1 aromatic rings. The highest BCUT2D eigenvalue weighted by atomic mass is 127. The number of aryl methyl sites for hydroxylation is 1. The molecule has 4 nitrogen and oxygen atoms in total. The first-order valence-corrected chi connectivity index (χ1v) is 8.08. The minimum Gasteiger partial charge on any atom is -0.357 e. The zero-order valence-electron chi connectivity index (χ0n) is 14.4. The van der Waals surface area contributed by atoms with E-state index >= 15 is 0 Å². The maximum absolute atomic E-state index is 4.34. The lowest BCUT2D eigenvalue weighted by Gasteiger charge is -2.43. The molecule has 22 heavy (non-hydrogen) atoms. The molecule has 5 heteroatoms. The topological polar surface area (TPSA) is 41.4 Å². The fraction of sp³-hybridized carbons (Fsp3) is 0.706. The predicted molar refractivity (Wildman–Crippen MR) is 105 cm³/mol. The van der Waals surface area contributed by atoms with Crippen LogP contribution in [-0.4, -0.2) is 24.1 Å². The molecule has 0 atom stereocenters. The van der Waals surface area contributed by atoms with Gasteiger partial charge in [-0.1, -0.05) is 20.3 Å². The van der Waals surface area contributed by atoms with Gasteiger partial charge in [-0.3, -0.25) is 4.99 Å². The number of hydrogen-bond acceptors (Lipinski definition) is 1. The van der Waals surface area contributed by atoms with Crippen molar-refractivity contribution < 1.29 is 0 Å². The lowest BCUT2D eigenvalue weighted by Crippen LogP contribution is -2.46. The van der Waals surface area contributed by atoms with Gasteiger partial charge in [0.25, 0.3) is 0 Å². The summed E-state index contributed by atoms with van der Waals surface area (Å²) >= 11 is 0. The number of aromatic nitrogens is 1. The van der Waals surface area contributed by atoms with E-state index < -0.39 is 0 Å². The van der Waals surface area contributed by atoms with Gasteiger partial charge in [0.05, 0.1) is 0 Å². The number of rotatable bonds is 6. The van der Waals surface area contributed by atoms with Gasteiger partial charge < -0.3 is 15.2 Å². The van der Waals surface area contributed by atoms with Crippen LogP contribution in [0.2, 0.25) is 0 Å². The number of hydrogen-bond donors (Lipinski definition) is 2. The number of nitrogens with zero attached hydrogens (tertiary/aromatic N) is 2. The van der Waals surface area contributed by atoms with Crippen molar-refractivity contribution >= 4 is 29.9 Å². The molecule has 1 aliphatic rings. The average Bonchev–Trinajstić information content (AvgIpc) is 2.81. The summed E-state index contributed by atoms with van der Waals surface area (Å²) in [6, 6.07) is 2.13. The number of halogens is 1. The van der Waals surface area contributed by atoms with Gasteiger partial charge in [0.2, 0.25) is 0 Å². The summed E-state index contributed by atoms with van der Waals surface area (Å²) in [7, 11) is 3.89. The second-order valence-electron chi connectivity index (χ2n) is 6.92. The average molecular weight is 418 g/mol. The molecule has 0 saturated heterocycles. The molecule has 0 bridgehead atoms. The van der Waals surface area contributed by atoms with Crippen molar-refractivity contribution in [2.45, 2.75) is 46.1 Å². The van der Waals surface area contributed by atoms with Crippen molar-refractivity contribution in [1.29, 1.82) is 0 Å². The van der Waals surface area contributed by atoms with Crippen LogP contribution in [0.3, 0.4) is 0 Å². The van der Waals surface area contributed by atoms with Crippen molar-refractivity contribution in [1.82, 2.24) is 15.2 Å². The molecule has 1 fully saturated rings. The minimum absolute atomic E-state index is 0. The molecule has 0 aliphatic heterocycles. The van der Waals surface area contributed by atoms with E-state index in [9.17, 15) is 0 Å². The third-order valence-corrected chi connectivity index (χ3v) is 4.46. The van der Waals surface area contributed by atoms with E-state index in [1.54, 1.807) is 0 Å². The van der Waals surface area contributed by atoms with Gasteiger partial charge in [0.1, 0.15) is 0 Å². The standard InChI is InChI=1S/C17H30N4.HI/c1-14(2)10-17(7-5-8-17)13-20-16(18-3)19-11-15-6-9-21(4)12-15;/h6,9,12,14H,5,7-8,10-11,13H2,1-4H3,(H2,18,19,20);1H. The molecule has 1 heterocycles. The van der Waals surface area contributed by atoms with Gasteiger partial charge >= 0.3 is 0 Å². The molecular formula is C17H31IN4. The second kappa shape index (κ2) is 8.79. The molecular weight excluding hydrogens is 387 g/mol. The predicted octanol–water partition coefficient (Wildman–Crippen LogP) is 3.52. The van der Waals surface area contributed by atoms with E-state index in [1.807, 2.05) is 14.1 Å².